The van der Waals surface area contributed by atoms with Crippen LogP contribution in [0, 0.1) is 11.2 Å². The largest absolute Gasteiger partial charge is 0.495 e. The molecule has 0 heterocycles. The zero-order valence-corrected chi connectivity index (χ0v) is 10.4. The number of methoxy groups -OCH3 is 1. The fourth-order valence-corrected chi connectivity index (χ4v) is 1.98. The number of rotatable bonds is 4. The van der Waals surface area contributed by atoms with Crippen LogP contribution in [0.4, 0.5) is 10.1 Å². The van der Waals surface area contributed by atoms with Crippen LogP contribution >= 0.6 is 0 Å². The topological polar surface area (TPSA) is 49.8 Å². The molecule has 1 amide bonds. The van der Waals surface area contributed by atoms with E-state index in [4.69, 9.17) is 4.74 Å². The second-order valence-corrected chi connectivity index (χ2v) is 4.62. The Kier molecular flexibility index (Phi) is 3.26. The first kappa shape index (κ1) is 12.8. The average Bonchev–Trinajstić information content (AvgIpc) is 3.18. The lowest BCUT2D eigenvalue weighted by Gasteiger charge is -2.24. The predicted octanol–water partition coefficient (Wildman–Crippen LogP) is 1.57. The third-order valence-electron chi connectivity index (χ3n) is 3.42. The molecular formula is C13H16FNO3. The fraction of sp³-hybridized carbons (Fsp3) is 0.462. The van der Waals surface area contributed by atoms with Crippen LogP contribution in [0.25, 0.3) is 0 Å². The molecule has 18 heavy (non-hydrogen) atoms. The molecule has 0 saturated heterocycles. The number of benzene rings is 1. The van der Waals surface area contributed by atoms with Crippen LogP contribution in [0.5, 0.6) is 5.75 Å². The van der Waals surface area contributed by atoms with Gasteiger partial charge in [0.15, 0.2) is 0 Å². The number of anilines is 1. The normalized spacial score (nSPS) is 16.2. The van der Waals surface area contributed by atoms with E-state index in [9.17, 15) is 14.3 Å². The average molecular weight is 253 g/mol. The van der Waals surface area contributed by atoms with E-state index in [2.05, 4.69) is 0 Å². The van der Waals surface area contributed by atoms with Crippen molar-refractivity contribution < 1.29 is 19.0 Å². The van der Waals surface area contributed by atoms with E-state index in [1.54, 1.807) is 7.05 Å². The van der Waals surface area contributed by atoms with Gasteiger partial charge in [0.2, 0.25) is 5.91 Å². The molecule has 1 aliphatic carbocycles. The Morgan fingerprint density at radius 3 is 2.72 bits per heavy atom. The maximum absolute atomic E-state index is 13.3. The van der Waals surface area contributed by atoms with Crippen molar-refractivity contribution in [3.8, 4) is 5.75 Å². The molecule has 0 bridgehead atoms. The SMILES string of the molecule is COc1ccc(F)cc1N(C)C(=O)C1(CO)CC1. The Hall–Kier alpha value is -1.62. The molecule has 4 nitrogen and oxygen atoms in total. The van der Waals surface area contributed by atoms with Crippen molar-refractivity contribution in [1.29, 1.82) is 0 Å². The second kappa shape index (κ2) is 4.57. The molecule has 5 heteroatoms. The van der Waals surface area contributed by atoms with Crippen molar-refractivity contribution in [1.82, 2.24) is 0 Å². The molecule has 1 aliphatic rings. The van der Waals surface area contributed by atoms with E-state index in [0.717, 1.165) is 0 Å². The van der Waals surface area contributed by atoms with E-state index in [-0.39, 0.29) is 12.5 Å². The highest BCUT2D eigenvalue weighted by molar-refractivity contribution is 6.00. The van der Waals surface area contributed by atoms with E-state index in [1.807, 2.05) is 0 Å². The summed E-state index contributed by atoms with van der Waals surface area (Å²) in [4.78, 5) is 13.6. The summed E-state index contributed by atoms with van der Waals surface area (Å²) < 4.78 is 18.4. The third kappa shape index (κ3) is 2.06. The molecule has 0 unspecified atom stereocenters. The molecule has 2 rings (SSSR count). The lowest BCUT2D eigenvalue weighted by atomic mass is 10.1. The molecule has 1 aromatic rings. The summed E-state index contributed by atoms with van der Waals surface area (Å²) in [6, 6.07) is 4.01. The quantitative estimate of drug-likeness (QED) is 0.886. The molecular weight excluding hydrogens is 237 g/mol. The summed E-state index contributed by atoms with van der Waals surface area (Å²) in [6.07, 6.45) is 1.34. The van der Waals surface area contributed by atoms with Crippen molar-refractivity contribution in [2.45, 2.75) is 12.8 Å². The summed E-state index contributed by atoms with van der Waals surface area (Å²) in [5, 5.41) is 9.25. The lowest BCUT2D eigenvalue weighted by molar-refractivity contribution is -0.124. The van der Waals surface area contributed by atoms with Gasteiger partial charge in [0.1, 0.15) is 11.6 Å². The van der Waals surface area contributed by atoms with E-state index >= 15 is 0 Å². The standard InChI is InChI=1S/C13H16FNO3/c1-15(12(17)13(8-16)5-6-13)10-7-9(14)3-4-11(10)18-2/h3-4,7,16H,5-6,8H2,1-2H3. The molecule has 98 valence electrons. The van der Waals surface area contributed by atoms with E-state index in [1.165, 1.54) is 30.2 Å². The van der Waals surface area contributed by atoms with Gasteiger partial charge >= 0.3 is 0 Å². The highest BCUT2D eigenvalue weighted by Gasteiger charge is 2.51. The smallest absolute Gasteiger partial charge is 0.235 e. The highest BCUT2D eigenvalue weighted by Crippen LogP contribution is 2.47. The Balaban J connectivity index is 2.31. The molecule has 1 fully saturated rings. The minimum absolute atomic E-state index is 0.173. The van der Waals surface area contributed by atoms with Gasteiger partial charge in [0, 0.05) is 13.1 Å². The van der Waals surface area contributed by atoms with Crippen molar-refractivity contribution in [2.75, 3.05) is 25.7 Å². The van der Waals surface area contributed by atoms with Crippen LogP contribution in [0.15, 0.2) is 18.2 Å². The van der Waals surface area contributed by atoms with Crippen molar-refractivity contribution >= 4 is 11.6 Å². The Morgan fingerprint density at radius 2 is 2.22 bits per heavy atom. The molecule has 0 aliphatic heterocycles. The van der Waals surface area contributed by atoms with Crippen LogP contribution in [0.3, 0.4) is 0 Å². The van der Waals surface area contributed by atoms with Crippen LogP contribution in [0.2, 0.25) is 0 Å². The maximum atomic E-state index is 13.3. The van der Waals surface area contributed by atoms with Crippen molar-refractivity contribution in [3.63, 3.8) is 0 Å². The predicted molar refractivity (Wildman–Crippen MR) is 65.1 cm³/mol. The second-order valence-electron chi connectivity index (χ2n) is 4.62. The molecule has 1 aromatic carbocycles. The van der Waals surface area contributed by atoms with Crippen molar-refractivity contribution in [2.24, 2.45) is 5.41 Å². The summed E-state index contributed by atoms with van der Waals surface area (Å²) >= 11 is 0. The van der Waals surface area contributed by atoms with E-state index in [0.29, 0.717) is 24.3 Å². The lowest BCUT2D eigenvalue weighted by Crippen LogP contribution is -2.36. The number of amides is 1. The zero-order chi connectivity index (χ0) is 13.3. The molecule has 0 aromatic heterocycles. The molecule has 1 N–H and O–H groups in total. The first-order valence-corrected chi connectivity index (χ1v) is 5.76. The van der Waals surface area contributed by atoms with Crippen LogP contribution in [-0.2, 0) is 4.79 Å². The van der Waals surface area contributed by atoms with Crippen LogP contribution < -0.4 is 9.64 Å². The Morgan fingerprint density at radius 1 is 1.56 bits per heavy atom. The Labute approximate surface area is 105 Å². The summed E-state index contributed by atoms with van der Waals surface area (Å²) in [7, 11) is 3.03. The van der Waals surface area contributed by atoms with Gasteiger partial charge in [-0.3, -0.25) is 4.79 Å². The molecule has 1 saturated carbocycles. The van der Waals surface area contributed by atoms with Gasteiger partial charge in [-0.25, -0.2) is 4.39 Å². The van der Waals surface area contributed by atoms with Crippen LogP contribution in [-0.4, -0.2) is 31.8 Å². The maximum Gasteiger partial charge on any atom is 0.235 e. The van der Waals surface area contributed by atoms with Gasteiger partial charge < -0.3 is 14.7 Å². The van der Waals surface area contributed by atoms with Gasteiger partial charge in [0.25, 0.3) is 0 Å². The number of ether oxygens (including phenoxy) is 1. The van der Waals surface area contributed by atoms with Crippen LogP contribution in [0.1, 0.15) is 12.8 Å². The Bertz CT molecular complexity index is 471. The van der Waals surface area contributed by atoms with Gasteiger partial charge in [-0.05, 0) is 25.0 Å². The fourth-order valence-electron chi connectivity index (χ4n) is 1.98. The number of carbonyl (C=O) groups is 1. The zero-order valence-electron chi connectivity index (χ0n) is 10.4. The number of hydrogen-bond donors (Lipinski definition) is 1. The first-order valence-electron chi connectivity index (χ1n) is 5.76. The summed E-state index contributed by atoms with van der Waals surface area (Å²) in [5.41, 5.74) is -0.297. The number of hydrogen-bond acceptors (Lipinski definition) is 3. The van der Waals surface area contributed by atoms with Gasteiger partial charge in [-0.1, -0.05) is 0 Å². The van der Waals surface area contributed by atoms with Crippen molar-refractivity contribution in [3.05, 3.63) is 24.0 Å². The van der Waals surface area contributed by atoms with E-state index < -0.39 is 11.2 Å². The van der Waals surface area contributed by atoms with Gasteiger partial charge in [0.05, 0.1) is 24.8 Å². The number of aliphatic hydroxyl groups is 1. The molecule has 0 atom stereocenters. The first-order chi connectivity index (χ1) is 8.54. The number of halogens is 1. The minimum atomic E-state index is -0.675. The number of aliphatic hydroxyl groups excluding tert-OH is 1. The molecule has 0 spiro atoms. The van der Waals surface area contributed by atoms with Gasteiger partial charge in [-0.15, -0.1) is 0 Å². The number of nitrogens with zero attached hydrogens (tertiary/aromatic N) is 1. The van der Waals surface area contributed by atoms with Gasteiger partial charge in [-0.2, -0.15) is 0 Å². The molecule has 0 radical (unpaired) electrons. The summed E-state index contributed by atoms with van der Waals surface area (Å²) in [5.74, 6) is -0.200. The third-order valence-corrected chi connectivity index (χ3v) is 3.42. The summed E-state index contributed by atoms with van der Waals surface area (Å²) in [6.45, 7) is -0.173. The monoisotopic (exact) mass is 253 g/mol. The minimum Gasteiger partial charge on any atom is -0.495 e. The number of carbonyl (C=O) groups excluding carboxylic acids is 1. The highest BCUT2D eigenvalue weighted by atomic mass is 19.1.